The molecule has 1 spiro atoms. The number of aliphatic hydroxyl groups is 1. The van der Waals surface area contributed by atoms with E-state index >= 15 is 0 Å². The molecule has 1 N–H and O–H groups in total. The van der Waals surface area contributed by atoms with Gasteiger partial charge in [0.2, 0.25) is 0 Å². The number of benzene rings is 3. The Balaban J connectivity index is 1.63. The SMILES string of the molecule is CC(=O)OC1CC(C)(O)C23OC(C)(C)C(C(OC(C)=O)C(OC(=O)c4ccccc4)C2(C)C1OC(=O)c1ccccc1)C3OC(=O)c1ccccc1. The van der Waals surface area contributed by atoms with E-state index in [1.54, 1.807) is 87.5 Å². The fourth-order valence-electron chi connectivity index (χ4n) is 8.75. The van der Waals surface area contributed by atoms with E-state index in [0.717, 1.165) is 0 Å². The van der Waals surface area contributed by atoms with E-state index in [4.69, 9.17) is 28.4 Å². The van der Waals surface area contributed by atoms with E-state index < -0.39 is 88.5 Å². The third-order valence-electron chi connectivity index (χ3n) is 10.7. The predicted octanol–water partition coefficient (Wildman–Crippen LogP) is 4.87. The number of hydrogen-bond acceptors (Lipinski definition) is 12. The average molecular weight is 715 g/mol. The summed E-state index contributed by atoms with van der Waals surface area (Å²) >= 11 is 0. The molecule has 12 heteroatoms. The summed E-state index contributed by atoms with van der Waals surface area (Å²) in [6.07, 6.45) is -7.58. The second-order valence-electron chi connectivity index (χ2n) is 14.5. The largest absolute Gasteiger partial charge is 0.458 e. The molecule has 9 unspecified atom stereocenters. The van der Waals surface area contributed by atoms with Gasteiger partial charge in [-0.2, -0.15) is 0 Å². The molecule has 3 aliphatic rings. The molecule has 1 heterocycles. The molecule has 6 rings (SSSR count). The number of fused-ring (bicyclic) bond motifs is 1. The standard InChI is InChI=1S/C40H42O12/c1-23(41)47-28-22-38(5,46)40-32(50-35(44)26-18-12-8-13-19-26)29(37(3,4)52-40)30(48-24(2)42)33(51-36(45)27-20-14-9-15-21-27)39(40,6)31(28)49-34(43)25-16-10-7-11-17-25/h7-21,28-33,46H,22H2,1-6H3. The molecule has 2 bridgehead atoms. The average Bonchev–Trinajstić information content (AvgIpc) is 3.31. The van der Waals surface area contributed by atoms with Crippen molar-refractivity contribution in [1.82, 2.24) is 0 Å². The Kier molecular flexibility index (Phi) is 9.52. The summed E-state index contributed by atoms with van der Waals surface area (Å²) < 4.78 is 37.8. The fourth-order valence-corrected chi connectivity index (χ4v) is 8.75. The van der Waals surface area contributed by atoms with E-state index in [-0.39, 0.29) is 23.1 Å². The van der Waals surface area contributed by atoms with Crippen molar-refractivity contribution in [2.45, 2.75) is 95.3 Å². The van der Waals surface area contributed by atoms with Gasteiger partial charge < -0.3 is 33.5 Å². The quantitative estimate of drug-likeness (QED) is 0.250. The smallest absolute Gasteiger partial charge is 0.338 e. The molecule has 2 aliphatic carbocycles. The maximum atomic E-state index is 14.0. The van der Waals surface area contributed by atoms with E-state index in [2.05, 4.69) is 0 Å². The summed E-state index contributed by atoms with van der Waals surface area (Å²) in [6, 6.07) is 24.3. The van der Waals surface area contributed by atoms with Gasteiger partial charge in [-0.15, -0.1) is 0 Å². The number of hydrogen-bond donors (Lipinski definition) is 1. The van der Waals surface area contributed by atoms with E-state index in [1.165, 1.54) is 45.0 Å². The minimum Gasteiger partial charge on any atom is -0.458 e. The van der Waals surface area contributed by atoms with Crippen LogP contribution in [-0.2, 0) is 38.0 Å². The lowest BCUT2D eigenvalue weighted by atomic mass is 9.46. The van der Waals surface area contributed by atoms with Gasteiger partial charge in [0.15, 0.2) is 12.2 Å². The molecule has 274 valence electrons. The Hall–Kier alpha value is -5.07. The first-order valence-electron chi connectivity index (χ1n) is 17.1. The van der Waals surface area contributed by atoms with Crippen LogP contribution in [0, 0.1) is 11.3 Å². The second-order valence-corrected chi connectivity index (χ2v) is 14.5. The summed E-state index contributed by atoms with van der Waals surface area (Å²) in [6.45, 7) is 8.71. The van der Waals surface area contributed by atoms with E-state index in [0.29, 0.717) is 0 Å². The highest BCUT2D eigenvalue weighted by Gasteiger charge is 2.87. The monoisotopic (exact) mass is 714 g/mol. The zero-order valence-electron chi connectivity index (χ0n) is 29.8. The van der Waals surface area contributed by atoms with Crippen molar-refractivity contribution in [2.24, 2.45) is 11.3 Å². The van der Waals surface area contributed by atoms with Crippen LogP contribution in [0.5, 0.6) is 0 Å². The molecule has 9 atom stereocenters. The first kappa shape index (κ1) is 36.7. The normalized spacial score (nSPS) is 32.8. The molecule has 3 aromatic carbocycles. The van der Waals surface area contributed by atoms with Crippen molar-refractivity contribution < 1.29 is 57.5 Å². The lowest BCUT2D eigenvalue weighted by Gasteiger charge is -2.66. The van der Waals surface area contributed by atoms with Crippen LogP contribution in [0.1, 0.15) is 79.0 Å². The van der Waals surface area contributed by atoms with Crippen LogP contribution in [0.4, 0.5) is 0 Å². The molecule has 1 aliphatic heterocycles. The third-order valence-corrected chi connectivity index (χ3v) is 10.7. The summed E-state index contributed by atoms with van der Waals surface area (Å²) in [7, 11) is 0. The van der Waals surface area contributed by atoms with Gasteiger partial charge >= 0.3 is 29.8 Å². The van der Waals surface area contributed by atoms with Crippen molar-refractivity contribution in [2.75, 3.05) is 0 Å². The minimum absolute atomic E-state index is 0.154. The number of carbonyl (C=O) groups is 5. The van der Waals surface area contributed by atoms with Gasteiger partial charge in [0.05, 0.1) is 39.2 Å². The van der Waals surface area contributed by atoms with Crippen LogP contribution >= 0.6 is 0 Å². The lowest BCUT2D eigenvalue weighted by molar-refractivity contribution is -0.348. The van der Waals surface area contributed by atoms with E-state index in [9.17, 15) is 29.1 Å². The maximum absolute atomic E-state index is 14.0. The van der Waals surface area contributed by atoms with Crippen LogP contribution in [0.2, 0.25) is 0 Å². The van der Waals surface area contributed by atoms with Crippen molar-refractivity contribution in [3.8, 4) is 0 Å². The fraction of sp³-hybridized carbons (Fsp3) is 0.425. The molecule has 0 aromatic heterocycles. The molecule has 0 radical (unpaired) electrons. The van der Waals surface area contributed by atoms with Crippen LogP contribution in [0.15, 0.2) is 91.0 Å². The highest BCUT2D eigenvalue weighted by Crippen LogP contribution is 2.69. The first-order valence-corrected chi connectivity index (χ1v) is 17.1. The maximum Gasteiger partial charge on any atom is 0.338 e. The van der Waals surface area contributed by atoms with Crippen molar-refractivity contribution in [3.05, 3.63) is 108 Å². The number of esters is 5. The van der Waals surface area contributed by atoms with E-state index in [1.807, 2.05) is 0 Å². The molecule has 52 heavy (non-hydrogen) atoms. The highest BCUT2D eigenvalue weighted by molar-refractivity contribution is 5.91. The van der Waals surface area contributed by atoms with Gasteiger partial charge in [-0.05, 0) is 64.1 Å². The topological polar surface area (TPSA) is 161 Å². The van der Waals surface area contributed by atoms with Crippen LogP contribution < -0.4 is 0 Å². The first-order chi connectivity index (χ1) is 24.5. The van der Waals surface area contributed by atoms with Crippen molar-refractivity contribution >= 4 is 29.8 Å². The lowest BCUT2D eigenvalue weighted by Crippen LogP contribution is -2.83. The van der Waals surface area contributed by atoms with Crippen molar-refractivity contribution in [1.29, 1.82) is 0 Å². The molecule has 1 saturated heterocycles. The molecular weight excluding hydrogens is 672 g/mol. The van der Waals surface area contributed by atoms with Crippen molar-refractivity contribution in [3.63, 3.8) is 0 Å². The van der Waals surface area contributed by atoms with Gasteiger partial charge in [0.1, 0.15) is 23.9 Å². The number of carbonyl (C=O) groups excluding carboxylic acids is 5. The van der Waals surface area contributed by atoms with Gasteiger partial charge in [-0.1, -0.05) is 54.6 Å². The summed E-state index contributed by atoms with van der Waals surface area (Å²) in [4.78, 5) is 67.6. The number of rotatable bonds is 8. The van der Waals surface area contributed by atoms with Gasteiger partial charge in [0.25, 0.3) is 0 Å². The second kappa shape index (κ2) is 13.5. The molecule has 12 nitrogen and oxygen atoms in total. The molecule has 2 saturated carbocycles. The third kappa shape index (κ3) is 6.03. The Morgan fingerprint density at radius 2 is 1.00 bits per heavy atom. The molecule has 3 fully saturated rings. The van der Waals surface area contributed by atoms with Crippen LogP contribution in [0.3, 0.4) is 0 Å². The number of ether oxygens (including phenoxy) is 6. The molecule has 0 amide bonds. The van der Waals surface area contributed by atoms with Gasteiger partial charge in [0, 0.05) is 20.3 Å². The zero-order valence-corrected chi connectivity index (χ0v) is 29.8. The summed E-state index contributed by atoms with van der Waals surface area (Å²) in [5.41, 5.74) is -6.89. The molecular formula is C40H42O12. The molecule has 3 aromatic rings. The predicted molar refractivity (Wildman–Crippen MR) is 183 cm³/mol. The van der Waals surface area contributed by atoms with Crippen LogP contribution in [-0.4, -0.2) is 82.3 Å². The van der Waals surface area contributed by atoms with Gasteiger partial charge in [-0.3, -0.25) is 9.59 Å². The zero-order chi connectivity index (χ0) is 37.6. The summed E-state index contributed by atoms with van der Waals surface area (Å²) in [5.74, 6) is -4.96. The Morgan fingerprint density at radius 3 is 1.42 bits per heavy atom. The van der Waals surface area contributed by atoms with Gasteiger partial charge in [-0.25, -0.2) is 14.4 Å². The minimum atomic E-state index is -2.05. The summed E-state index contributed by atoms with van der Waals surface area (Å²) in [5, 5.41) is 12.8. The van der Waals surface area contributed by atoms with Crippen LogP contribution in [0.25, 0.3) is 0 Å². The Bertz CT molecular complexity index is 1840. The Morgan fingerprint density at radius 1 is 0.596 bits per heavy atom. The Labute approximate surface area is 301 Å². The highest BCUT2D eigenvalue weighted by atomic mass is 16.6.